The first-order valence-corrected chi connectivity index (χ1v) is 8.87. The van der Waals surface area contributed by atoms with Gasteiger partial charge in [-0.1, -0.05) is 44.2 Å². The van der Waals surface area contributed by atoms with Gasteiger partial charge < -0.3 is 0 Å². The molecule has 4 bridgehead atoms. The summed E-state index contributed by atoms with van der Waals surface area (Å²) in [6, 6.07) is 9.99. The van der Waals surface area contributed by atoms with Gasteiger partial charge in [-0.3, -0.25) is 9.63 Å². The van der Waals surface area contributed by atoms with E-state index in [1.807, 2.05) is 30.3 Å². The second-order valence-corrected chi connectivity index (χ2v) is 9.12. The van der Waals surface area contributed by atoms with Crippen molar-refractivity contribution in [3.05, 3.63) is 35.9 Å². The highest BCUT2D eigenvalue weighted by Crippen LogP contribution is 2.69. The van der Waals surface area contributed by atoms with Crippen LogP contribution >= 0.6 is 0 Å². The number of hydrogen-bond acceptors (Lipinski definition) is 2. The Morgan fingerprint density at radius 3 is 2.35 bits per heavy atom. The van der Waals surface area contributed by atoms with Crippen molar-refractivity contribution in [2.24, 2.45) is 22.2 Å². The molecule has 2 atom stereocenters. The SMILES string of the molecule is CC12CC3CC(C)(C1)CC(C(=O)NOCc1ccccc1)(C3)C2. The summed E-state index contributed by atoms with van der Waals surface area (Å²) in [5, 5.41) is 0. The molecule has 4 aliphatic carbocycles. The maximum atomic E-state index is 12.9. The molecule has 1 aromatic rings. The lowest BCUT2D eigenvalue weighted by atomic mass is 9.40. The average Bonchev–Trinajstić information content (AvgIpc) is 2.44. The molecule has 0 heterocycles. The number of carbonyl (C=O) groups excluding carboxylic acids is 1. The number of rotatable bonds is 4. The summed E-state index contributed by atoms with van der Waals surface area (Å²) < 4.78 is 0. The highest BCUT2D eigenvalue weighted by Gasteiger charge is 2.62. The standard InChI is InChI=1S/C20H27NO2/c1-18-8-16-9-19(2,12-18)14-20(10-16,13-18)17(22)21-23-11-15-6-4-3-5-7-15/h3-7,16H,8-14H2,1-2H3,(H,21,22). The first-order chi connectivity index (χ1) is 10.9. The van der Waals surface area contributed by atoms with Crippen molar-refractivity contribution in [2.75, 3.05) is 0 Å². The topological polar surface area (TPSA) is 38.3 Å². The minimum atomic E-state index is -0.195. The van der Waals surface area contributed by atoms with Crippen LogP contribution in [0, 0.1) is 22.2 Å². The third kappa shape index (κ3) is 2.69. The van der Waals surface area contributed by atoms with Gasteiger partial charge >= 0.3 is 0 Å². The lowest BCUT2D eigenvalue weighted by molar-refractivity contribution is -0.180. The van der Waals surface area contributed by atoms with Crippen LogP contribution in [0.1, 0.15) is 57.9 Å². The second-order valence-electron chi connectivity index (χ2n) is 9.12. The van der Waals surface area contributed by atoms with Crippen LogP contribution in [0.25, 0.3) is 0 Å². The highest BCUT2D eigenvalue weighted by molar-refractivity contribution is 5.82. The quantitative estimate of drug-likeness (QED) is 0.845. The molecule has 4 saturated carbocycles. The van der Waals surface area contributed by atoms with E-state index in [0.29, 0.717) is 17.4 Å². The largest absolute Gasteiger partial charge is 0.272 e. The van der Waals surface area contributed by atoms with Crippen molar-refractivity contribution in [3.8, 4) is 0 Å². The smallest absolute Gasteiger partial charge is 0.249 e. The molecule has 0 aromatic heterocycles. The summed E-state index contributed by atoms with van der Waals surface area (Å²) in [4.78, 5) is 18.5. The van der Waals surface area contributed by atoms with Crippen LogP contribution in [-0.4, -0.2) is 5.91 Å². The van der Waals surface area contributed by atoms with Crippen LogP contribution in [-0.2, 0) is 16.2 Å². The van der Waals surface area contributed by atoms with Crippen molar-refractivity contribution in [1.82, 2.24) is 5.48 Å². The van der Waals surface area contributed by atoms with Crippen molar-refractivity contribution in [3.63, 3.8) is 0 Å². The summed E-state index contributed by atoms with van der Waals surface area (Å²) >= 11 is 0. The molecule has 4 aliphatic rings. The van der Waals surface area contributed by atoms with Crippen molar-refractivity contribution < 1.29 is 9.63 Å². The lowest BCUT2D eigenvalue weighted by Crippen LogP contribution is -2.59. The molecule has 1 aromatic carbocycles. The van der Waals surface area contributed by atoms with E-state index in [2.05, 4.69) is 19.3 Å². The van der Waals surface area contributed by atoms with E-state index < -0.39 is 0 Å². The zero-order chi connectivity index (χ0) is 16.1. The zero-order valence-electron chi connectivity index (χ0n) is 14.2. The number of amides is 1. The maximum absolute atomic E-state index is 12.9. The fourth-order valence-corrected chi connectivity index (χ4v) is 6.57. The van der Waals surface area contributed by atoms with E-state index in [4.69, 9.17) is 4.84 Å². The summed E-state index contributed by atoms with van der Waals surface area (Å²) in [6.07, 6.45) is 7.03. The third-order valence-corrected chi connectivity index (χ3v) is 6.35. The fraction of sp³-hybridized carbons (Fsp3) is 0.650. The summed E-state index contributed by atoms with van der Waals surface area (Å²) in [5.41, 5.74) is 4.37. The van der Waals surface area contributed by atoms with Crippen molar-refractivity contribution in [2.45, 2.75) is 59.0 Å². The van der Waals surface area contributed by atoms with Gasteiger partial charge in [-0.2, -0.15) is 0 Å². The summed E-state index contributed by atoms with van der Waals surface area (Å²) in [6.45, 7) is 5.21. The van der Waals surface area contributed by atoms with E-state index in [1.54, 1.807) is 0 Å². The number of hydroxylamine groups is 1. The molecule has 1 amide bonds. The Labute approximate surface area is 138 Å². The number of hydrogen-bond donors (Lipinski definition) is 1. The molecular formula is C20H27NO2. The van der Waals surface area contributed by atoms with Gasteiger partial charge in [0.25, 0.3) is 0 Å². The van der Waals surface area contributed by atoms with Crippen LogP contribution < -0.4 is 5.48 Å². The van der Waals surface area contributed by atoms with Crippen LogP contribution in [0.4, 0.5) is 0 Å². The molecule has 0 aliphatic heterocycles. The van der Waals surface area contributed by atoms with E-state index in [0.717, 1.165) is 30.7 Å². The van der Waals surface area contributed by atoms with Gasteiger partial charge in [0, 0.05) is 0 Å². The molecular weight excluding hydrogens is 286 g/mol. The van der Waals surface area contributed by atoms with Gasteiger partial charge in [0.15, 0.2) is 0 Å². The van der Waals surface area contributed by atoms with Gasteiger partial charge in [-0.05, 0) is 60.8 Å². The average molecular weight is 313 g/mol. The minimum Gasteiger partial charge on any atom is -0.272 e. The van der Waals surface area contributed by atoms with Crippen LogP contribution in [0.15, 0.2) is 30.3 Å². The molecule has 23 heavy (non-hydrogen) atoms. The van der Waals surface area contributed by atoms with E-state index in [-0.39, 0.29) is 11.3 Å². The normalized spacial score (nSPS) is 41.0. The molecule has 3 heteroatoms. The minimum absolute atomic E-state index is 0.120. The van der Waals surface area contributed by atoms with E-state index >= 15 is 0 Å². The van der Waals surface area contributed by atoms with Gasteiger partial charge in [0.2, 0.25) is 5.91 Å². The Balaban J connectivity index is 1.44. The molecule has 1 N–H and O–H groups in total. The Hall–Kier alpha value is -1.35. The van der Waals surface area contributed by atoms with Gasteiger partial charge in [0.05, 0.1) is 12.0 Å². The Morgan fingerprint density at radius 1 is 1.09 bits per heavy atom. The predicted molar refractivity (Wildman–Crippen MR) is 89.2 cm³/mol. The molecule has 2 unspecified atom stereocenters. The molecule has 0 spiro atoms. The molecule has 5 rings (SSSR count). The Morgan fingerprint density at radius 2 is 1.74 bits per heavy atom. The first-order valence-electron chi connectivity index (χ1n) is 8.87. The van der Waals surface area contributed by atoms with Gasteiger partial charge in [-0.15, -0.1) is 0 Å². The van der Waals surface area contributed by atoms with Crippen LogP contribution in [0.5, 0.6) is 0 Å². The van der Waals surface area contributed by atoms with Crippen molar-refractivity contribution >= 4 is 5.91 Å². The maximum Gasteiger partial charge on any atom is 0.249 e. The summed E-state index contributed by atoms with van der Waals surface area (Å²) in [7, 11) is 0. The molecule has 0 saturated heterocycles. The second kappa shape index (κ2) is 5.07. The summed E-state index contributed by atoms with van der Waals surface area (Å²) in [5.74, 6) is 0.844. The third-order valence-electron chi connectivity index (χ3n) is 6.35. The van der Waals surface area contributed by atoms with Crippen LogP contribution in [0.2, 0.25) is 0 Å². The highest BCUT2D eigenvalue weighted by atomic mass is 16.6. The number of nitrogens with one attached hydrogen (secondary N) is 1. The molecule has 0 radical (unpaired) electrons. The number of benzene rings is 1. The first kappa shape index (κ1) is 15.2. The Bertz CT molecular complexity index is 593. The zero-order valence-corrected chi connectivity index (χ0v) is 14.2. The van der Waals surface area contributed by atoms with Gasteiger partial charge in [0.1, 0.15) is 0 Å². The monoisotopic (exact) mass is 313 g/mol. The number of carbonyl (C=O) groups is 1. The predicted octanol–water partition coefficient (Wildman–Crippen LogP) is 4.23. The Kier molecular flexibility index (Phi) is 3.35. The van der Waals surface area contributed by atoms with E-state index in [9.17, 15) is 4.79 Å². The fourth-order valence-electron chi connectivity index (χ4n) is 6.57. The van der Waals surface area contributed by atoms with E-state index in [1.165, 1.54) is 19.3 Å². The molecule has 124 valence electrons. The van der Waals surface area contributed by atoms with Crippen LogP contribution in [0.3, 0.4) is 0 Å². The molecule has 4 fully saturated rings. The van der Waals surface area contributed by atoms with Crippen molar-refractivity contribution in [1.29, 1.82) is 0 Å². The van der Waals surface area contributed by atoms with Gasteiger partial charge in [-0.25, -0.2) is 5.48 Å². The molecule has 3 nitrogen and oxygen atoms in total. The lowest BCUT2D eigenvalue weighted by Gasteiger charge is -2.64.